The van der Waals surface area contributed by atoms with Crippen LogP contribution in [-0.2, 0) is 0 Å². The fourth-order valence-corrected chi connectivity index (χ4v) is 1.80. The highest BCUT2D eigenvalue weighted by Gasteiger charge is 2.12. The summed E-state index contributed by atoms with van der Waals surface area (Å²) in [5.74, 6) is 1.18. The maximum Gasteiger partial charge on any atom is 0.348 e. The minimum Gasteiger partial charge on any atom is -0.495 e. The highest BCUT2D eigenvalue weighted by molar-refractivity contribution is 6.00. The van der Waals surface area contributed by atoms with Gasteiger partial charge in [-0.25, -0.2) is 4.79 Å². The predicted octanol–water partition coefficient (Wildman–Crippen LogP) is 2.01. The fourth-order valence-electron chi connectivity index (χ4n) is 1.80. The molecule has 1 aromatic rings. The number of aliphatic imine (C=N–C) groups is 1. The Morgan fingerprint density at radius 3 is 2.30 bits per heavy atom. The van der Waals surface area contributed by atoms with Crippen molar-refractivity contribution in [3.05, 3.63) is 23.8 Å². The molecule has 0 heterocycles. The lowest BCUT2D eigenvalue weighted by atomic mass is 10.2. The number of para-hydroxylation sites is 1. The van der Waals surface area contributed by atoms with Crippen LogP contribution in [0.4, 0.5) is 10.5 Å². The third-order valence-corrected chi connectivity index (χ3v) is 2.69. The van der Waals surface area contributed by atoms with Gasteiger partial charge in [0.15, 0.2) is 0 Å². The van der Waals surface area contributed by atoms with Crippen LogP contribution < -0.4 is 10.1 Å². The van der Waals surface area contributed by atoms with Crippen molar-refractivity contribution in [3.63, 3.8) is 0 Å². The van der Waals surface area contributed by atoms with Crippen molar-refractivity contribution >= 4 is 17.7 Å². The molecule has 2 amide bonds. The van der Waals surface area contributed by atoms with E-state index in [0.29, 0.717) is 17.4 Å². The van der Waals surface area contributed by atoms with Gasteiger partial charge >= 0.3 is 6.03 Å². The topological polar surface area (TPSA) is 57.2 Å². The summed E-state index contributed by atoms with van der Waals surface area (Å²) in [6, 6.07) is 5.14. The van der Waals surface area contributed by atoms with Crippen molar-refractivity contribution < 1.29 is 9.53 Å². The number of carbonyl (C=O) groups excluding carboxylic acids is 1. The molecule has 110 valence electrons. The van der Waals surface area contributed by atoms with Crippen LogP contribution in [0.25, 0.3) is 0 Å². The highest BCUT2D eigenvalue weighted by Crippen LogP contribution is 2.27. The van der Waals surface area contributed by atoms with E-state index in [0.717, 1.165) is 5.56 Å². The van der Waals surface area contributed by atoms with Gasteiger partial charge in [-0.3, -0.25) is 0 Å². The average Bonchev–Trinajstić information content (AvgIpc) is 2.37. The summed E-state index contributed by atoms with van der Waals surface area (Å²) in [5, 5.41) is 2.77. The number of amides is 2. The van der Waals surface area contributed by atoms with Crippen molar-refractivity contribution in [2.45, 2.75) is 6.92 Å². The first-order valence-corrected chi connectivity index (χ1v) is 6.24. The summed E-state index contributed by atoms with van der Waals surface area (Å²) in [6.07, 6.45) is 0. The lowest BCUT2D eigenvalue weighted by molar-refractivity contribution is 0.258. The Balaban J connectivity index is 2.99. The lowest BCUT2D eigenvalue weighted by Gasteiger charge is -2.22. The van der Waals surface area contributed by atoms with Crippen LogP contribution in [0.3, 0.4) is 0 Å². The molecule has 0 saturated heterocycles. The van der Waals surface area contributed by atoms with Gasteiger partial charge in [0.2, 0.25) is 5.96 Å². The average molecular weight is 278 g/mol. The molecule has 0 saturated carbocycles. The molecule has 0 unspecified atom stereocenters. The van der Waals surface area contributed by atoms with Crippen LogP contribution in [0.2, 0.25) is 0 Å². The normalized spacial score (nSPS) is 9.70. The molecule has 0 bridgehead atoms. The van der Waals surface area contributed by atoms with Gasteiger partial charge in [-0.1, -0.05) is 12.1 Å². The maximum atomic E-state index is 12.0. The van der Waals surface area contributed by atoms with Crippen molar-refractivity contribution in [2.75, 3.05) is 40.6 Å². The quantitative estimate of drug-likeness (QED) is 0.664. The van der Waals surface area contributed by atoms with Crippen LogP contribution in [-0.4, -0.2) is 57.1 Å². The Kier molecular flexibility index (Phi) is 5.37. The Morgan fingerprint density at radius 2 is 1.80 bits per heavy atom. The molecule has 6 nitrogen and oxygen atoms in total. The second-order valence-corrected chi connectivity index (χ2v) is 4.78. The summed E-state index contributed by atoms with van der Waals surface area (Å²) in [6.45, 7) is 1.90. The monoisotopic (exact) mass is 278 g/mol. The van der Waals surface area contributed by atoms with Crippen LogP contribution in [0.1, 0.15) is 5.56 Å². The summed E-state index contributed by atoms with van der Waals surface area (Å²) in [5.41, 5.74) is 1.56. The van der Waals surface area contributed by atoms with E-state index in [-0.39, 0.29) is 0 Å². The van der Waals surface area contributed by atoms with Crippen LogP contribution in [0.15, 0.2) is 23.2 Å². The Morgan fingerprint density at radius 1 is 1.20 bits per heavy atom. The number of guanidine groups is 1. The molecule has 0 fully saturated rings. The molecular weight excluding hydrogens is 256 g/mol. The lowest BCUT2D eigenvalue weighted by Crippen LogP contribution is -2.36. The van der Waals surface area contributed by atoms with Gasteiger partial charge in [0.05, 0.1) is 12.8 Å². The Hall–Kier alpha value is -2.24. The van der Waals surface area contributed by atoms with Crippen molar-refractivity contribution in [3.8, 4) is 5.75 Å². The molecule has 0 aromatic heterocycles. The second kappa shape index (κ2) is 6.79. The van der Waals surface area contributed by atoms with Crippen molar-refractivity contribution in [2.24, 2.45) is 4.99 Å². The minimum absolute atomic E-state index is 0.435. The third kappa shape index (κ3) is 3.88. The number of aryl methyl sites for hydroxylation is 1. The van der Waals surface area contributed by atoms with Gasteiger partial charge < -0.3 is 19.9 Å². The molecule has 1 rings (SSSR count). The summed E-state index contributed by atoms with van der Waals surface area (Å²) in [4.78, 5) is 19.6. The van der Waals surface area contributed by atoms with Gasteiger partial charge in [-0.15, -0.1) is 0 Å². The molecule has 1 aromatic carbocycles. The van der Waals surface area contributed by atoms with Gasteiger partial charge in [-0.2, -0.15) is 4.99 Å². The third-order valence-electron chi connectivity index (χ3n) is 2.69. The summed E-state index contributed by atoms with van der Waals surface area (Å²) < 4.78 is 5.24. The first-order chi connectivity index (χ1) is 9.36. The largest absolute Gasteiger partial charge is 0.495 e. The Bertz CT molecular complexity index is 500. The molecular formula is C14H22N4O2. The smallest absolute Gasteiger partial charge is 0.348 e. The molecule has 6 heteroatoms. The number of urea groups is 1. The zero-order chi connectivity index (χ0) is 15.3. The van der Waals surface area contributed by atoms with E-state index in [1.807, 2.05) is 47.2 Å². The summed E-state index contributed by atoms with van der Waals surface area (Å²) >= 11 is 0. The zero-order valence-corrected chi connectivity index (χ0v) is 12.9. The van der Waals surface area contributed by atoms with E-state index in [4.69, 9.17) is 4.74 Å². The zero-order valence-electron chi connectivity index (χ0n) is 12.9. The van der Waals surface area contributed by atoms with Gasteiger partial charge in [0, 0.05) is 28.2 Å². The van der Waals surface area contributed by atoms with Crippen LogP contribution in [0, 0.1) is 6.92 Å². The number of nitrogens with zero attached hydrogens (tertiary/aromatic N) is 3. The minimum atomic E-state index is -0.435. The summed E-state index contributed by atoms with van der Waals surface area (Å²) in [7, 11) is 8.90. The molecule has 0 aliphatic rings. The number of anilines is 1. The molecule has 0 aliphatic carbocycles. The molecule has 0 spiro atoms. The molecule has 20 heavy (non-hydrogen) atoms. The number of hydrogen-bond acceptors (Lipinski definition) is 2. The van der Waals surface area contributed by atoms with Gasteiger partial charge in [0.1, 0.15) is 5.75 Å². The van der Waals surface area contributed by atoms with Crippen LogP contribution in [0.5, 0.6) is 5.75 Å². The Labute approximate surface area is 120 Å². The molecule has 0 radical (unpaired) electrons. The number of nitrogens with one attached hydrogen (secondary N) is 1. The molecule has 0 aliphatic heterocycles. The number of benzene rings is 1. The molecule has 1 N–H and O–H groups in total. The van der Waals surface area contributed by atoms with E-state index in [1.54, 1.807) is 23.0 Å². The standard InChI is InChI=1S/C14H22N4O2/c1-10-8-7-9-11(20-6)12(10)15-13(19)16-14(17(2)3)18(4)5/h7-9H,1-6H3,(H,15,19). The number of rotatable bonds is 2. The van der Waals surface area contributed by atoms with E-state index in [2.05, 4.69) is 10.3 Å². The first kappa shape index (κ1) is 15.8. The van der Waals surface area contributed by atoms with E-state index < -0.39 is 6.03 Å². The molecule has 0 atom stereocenters. The van der Waals surface area contributed by atoms with E-state index in [9.17, 15) is 4.79 Å². The number of carbonyl (C=O) groups is 1. The SMILES string of the molecule is COc1cccc(C)c1NC(=O)N=C(N(C)C)N(C)C. The number of hydrogen-bond donors (Lipinski definition) is 1. The first-order valence-electron chi connectivity index (χ1n) is 6.24. The fraction of sp³-hybridized carbons (Fsp3) is 0.429. The number of ether oxygens (including phenoxy) is 1. The van der Waals surface area contributed by atoms with Crippen LogP contribution >= 0.6 is 0 Å². The van der Waals surface area contributed by atoms with E-state index >= 15 is 0 Å². The van der Waals surface area contributed by atoms with Crippen molar-refractivity contribution in [1.29, 1.82) is 0 Å². The van der Waals surface area contributed by atoms with E-state index in [1.165, 1.54) is 0 Å². The van der Waals surface area contributed by atoms with Gasteiger partial charge in [0.25, 0.3) is 0 Å². The van der Waals surface area contributed by atoms with Gasteiger partial charge in [-0.05, 0) is 18.6 Å². The number of methoxy groups -OCH3 is 1. The second-order valence-electron chi connectivity index (χ2n) is 4.78. The van der Waals surface area contributed by atoms with Crippen molar-refractivity contribution in [1.82, 2.24) is 9.80 Å². The predicted molar refractivity (Wildman–Crippen MR) is 81.6 cm³/mol. The highest BCUT2D eigenvalue weighted by atomic mass is 16.5. The maximum absolute atomic E-state index is 12.0.